The van der Waals surface area contributed by atoms with Gasteiger partial charge in [-0.3, -0.25) is 4.68 Å². The van der Waals surface area contributed by atoms with Gasteiger partial charge in [0.1, 0.15) is 5.82 Å². The summed E-state index contributed by atoms with van der Waals surface area (Å²) in [6.45, 7) is 3.03. The van der Waals surface area contributed by atoms with Crippen molar-refractivity contribution in [3.63, 3.8) is 0 Å². The van der Waals surface area contributed by atoms with Crippen molar-refractivity contribution < 1.29 is 0 Å². The molecule has 0 aliphatic carbocycles. The number of nitrogens with zero attached hydrogens (tertiary/aromatic N) is 4. The van der Waals surface area contributed by atoms with E-state index in [-0.39, 0.29) is 0 Å². The summed E-state index contributed by atoms with van der Waals surface area (Å²) in [7, 11) is 0. The maximum absolute atomic E-state index is 4.40. The Morgan fingerprint density at radius 3 is 2.83 bits per heavy atom. The topological polar surface area (TPSA) is 34.0 Å². The Morgan fingerprint density at radius 2 is 2.17 bits per heavy atom. The van der Waals surface area contributed by atoms with Crippen LogP contribution >= 0.6 is 31.9 Å². The third kappa shape index (κ3) is 2.44. The Kier molecular flexibility index (Phi) is 3.39. The first-order valence-corrected chi connectivity index (χ1v) is 7.34. The van der Waals surface area contributed by atoms with Gasteiger partial charge in [-0.25, -0.2) is 4.98 Å². The largest absolute Gasteiger partial charge is 0.355 e. The van der Waals surface area contributed by atoms with Crippen LogP contribution in [0, 0.1) is 5.92 Å². The summed E-state index contributed by atoms with van der Waals surface area (Å²) in [5.41, 5.74) is 0. The lowest BCUT2D eigenvalue weighted by Crippen LogP contribution is -2.49. The van der Waals surface area contributed by atoms with Gasteiger partial charge < -0.3 is 4.90 Å². The highest BCUT2D eigenvalue weighted by molar-refractivity contribution is 9.10. The Morgan fingerprint density at radius 1 is 1.33 bits per heavy atom. The SMILES string of the molecule is Brc1cnn(CC2CN(c3ncccc3Br)C2)c1. The Labute approximate surface area is 122 Å². The molecule has 0 radical (unpaired) electrons. The molecule has 2 aromatic rings. The molecular formula is C12H12Br2N4. The van der Waals surface area contributed by atoms with Gasteiger partial charge >= 0.3 is 0 Å². The summed E-state index contributed by atoms with van der Waals surface area (Å²) in [5, 5.41) is 4.28. The van der Waals surface area contributed by atoms with Crippen LogP contribution in [-0.4, -0.2) is 27.9 Å². The van der Waals surface area contributed by atoms with Gasteiger partial charge in [-0.1, -0.05) is 0 Å². The van der Waals surface area contributed by atoms with Gasteiger partial charge in [-0.05, 0) is 44.0 Å². The number of rotatable bonds is 3. The average molecular weight is 372 g/mol. The van der Waals surface area contributed by atoms with Gasteiger partial charge in [0.05, 0.1) is 15.1 Å². The van der Waals surface area contributed by atoms with Crippen LogP contribution < -0.4 is 4.90 Å². The van der Waals surface area contributed by atoms with E-state index >= 15 is 0 Å². The average Bonchev–Trinajstić information content (AvgIpc) is 2.70. The summed E-state index contributed by atoms with van der Waals surface area (Å²) < 4.78 is 4.08. The fourth-order valence-electron chi connectivity index (χ4n) is 2.17. The van der Waals surface area contributed by atoms with Crippen molar-refractivity contribution >= 4 is 37.7 Å². The molecule has 6 heteroatoms. The normalized spacial score (nSPS) is 15.8. The minimum atomic E-state index is 0.644. The molecule has 0 saturated carbocycles. The van der Waals surface area contributed by atoms with Crippen LogP contribution in [0.25, 0.3) is 0 Å². The number of aromatic nitrogens is 3. The zero-order valence-electron chi connectivity index (χ0n) is 9.63. The second-order valence-electron chi connectivity index (χ2n) is 4.46. The van der Waals surface area contributed by atoms with Gasteiger partial charge in [-0.2, -0.15) is 5.10 Å². The number of halogens is 2. The summed E-state index contributed by atoms with van der Waals surface area (Å²) in [4.78, 5) is 6.68. The third-order valence-electron chi connectivity index (χ3n) is 3.04. The van der Waals surface area contributed by atoms with E-state index in [1.54, 1.807) is 0 Å². The summed E-state index contributed by atoms with van der Waals surface area (Å²) in [6, 6.07) is 3.96. The van der Waals surface area contributed by atoms with Crippen molar-refractivity contribution in [3.8, 4) is 0 Å². The highest BCUT2D eigenvalue weighted by atomic mass is 79.9. The molecule has 0 atom stereocenters. The van der Waals surface area contributed by atoms with E-state index in [0.717, 1.165) is 34.4 Å². The van der Waals surface area contributed by atoms with Crippen LogP contribution in [0.1, 0.15) is 0 Å². The quantitative estimate of drug-likeness (QED) is 0.831. The molecule has 18 heavy (non-hydrogen) atoms. The van der Waals surface area contributed by atoms with Gasteiger partial charge in [0.15, 0.2) is 0 Å². The van der Waals surface area contributed by atoms with Crippen LogP contribution in [0.3, 0.4) is 0 Å². The molecule has 0 N–H and O–H groups in total. The maximum atomic E-state index is 4.40. The van der Waals surface area contributed by atoms with Crippen LogP contribution in [0.5, 0.6) is 0 Å². The van der Waals surface area contributed by atoms with Crippen LogP contribution in [0.2, 0.25) is 0 Å². The van der Waals surface area contributed by atoms with E-state index in [9.17, 15) is 0 Å². The molecule has 0 unspecified atom stereocenters. The number of hydrogen-bond acceptors (Lipinski definition) is 3. The zero-order valence-corrected chi connectivity index (χ0v) is 12.8. The van der Waals surface area contributed by atoms with Crippen LogP contribution in [0.4, 0.5) is 5.82 Å². The fourth-order valence-corrected chi connectivity index (χ4v) is 3.00. The van der Waals surface area contributed by atoms with Gasteiger partial charge in [0.25, 0.3) is 0 Å². The molecular weight excluding hydrogens is 360 g/mol. The molecule has 94 valence electrons. The zero-order chi connectivity index (χ0) is 12.5. The van der Waals surface area contributed by atoms with Crippen molar-refractivity contribution in [2.75, 3.05) is 18.0 Å². The predicted molar refractivity (Wildman–Crippen MR) is 77.6 cm³/mol. The second-order valence-corrected chi connectivity index (χ2v) is 6.23. The first-order chi connectivity index (χ1) is 8.72. The standard InChI is InChI=1S/C12H12Br2N4/c13-10-4-16-18(8-10)7-9-5-17(6-9)12-11(14)2-1-3-15-12/h1-4,8-9H,5-7H2. The fraction of sp³-hybridized carbons (Fsp3) is 0.333. The van der Waals surface area contributed by atoms with Crippen molar-refractivity contribution in [3.05, 3.63) is 39.7 Å². The third-order valence-corrected chi connectivity index (χ3v) is 4.07. The van der Waals surface area contributed by atoms with E-state index in [0.29, 0.717) is 5.92 Å². The molecule has 3 rings (SSSR count). The lowest BCUT2D eigenvalue weighted by molar-refractivity contribution is 0.340. The van der Waals surface area contributed by atoms with E-state index in [1.165, 1.54) is 0 Å². The van der Waals surface area contributed by atoms with E-state index in [4.69, 9.17) is 0 Å². The molecule has 0 bridgehead atoms. The lowest BCUT2D eigenvalue weighted by Gasteiger charge is -2.40. The van der Waals surface area contributed by atoms with E-state index < -0.39 is 0 Å². The summed E-state index contributed by atoms with van der Waals surface area (Å²) in [6.07, 6.45) is 5.67. The van der Waals surface area contributed by atoms with E-state index in [2.05, 4.69) is 46.8 Å². The highest BCUT2D eigenvalue weighted by Gasteiger charge is 2.29. The van der Waals surface area contributed by atoms with Crippen molar-refractivity contribution in [2.24, 2.45) is 5.92 Å². The molecule has 1 fully saturated rings. The van der Waals surface area contributed by atoms with Crippen LogP contribution in [-0.2, 0) is 6.54 Å². The first-order valence-electron chi connectivity index (χ1n) is 5.76. The molecule has 3 heterocycles. The van der Waals surface area contributed by atoms with E-state index in [1.807, 2.05) is 35.4 Å². The minimum absolute atomic E-state index is 0.644. The number of hydrogen-bond donors (Lipinski definition) is 0. The van der Waals surface area contributed by atoms with Gasteiger partial charge in [0, 0.05) is 37.9 Å². The van der Waals surface area contributed by atoms with Crippen LogP contribution in [0.15, 0.2) is 39.7 Å². The molecule has 1 aliphatic rings. The Bertz CT molecular complexity index is 549. The maximum Gasteiger partial charge on any atom is 0.142 e. The molecule has 0 aromatic carbocycles. The highest BCUT2D eigenvalue weighted by Crippen LogP contribution is 2.29. The smallest absolute Gasteiger partial charge is 0.142 e. The molecule has 4 nitrogen and oxygen atoms in total. The van der Waals surface area contributed by atoms with Crippen molar-refractivity contribution in [2.45, 2.75) is 6.54 Å². The first kappa shape index (κ1) is 12.2. The molecule has 0 amide bonds. The lowest BCUT2D eigenvalue weighted by atomic mass is 10.0. The van der Waals surface area contributed by atoms with Gasteiger partial charge in [-0.15, -0.1) is 0 Å². The number of anilines is 1. The molecule has 0 spiro atoms. The predicted octanol–water partition coefficient (Wildman–Crippen LogP) is 2.94. The Balaban J connectivity index is 1.59. The summed E-state index contributed by atoms with van der Waals surface area (Å²) >= 11 is 6.94. The van der Waals surface area contributed by atoms with Gasteiger partial charge in [0.2, 0.25) is 0 Å². The second kappa shape index (κ2) is 5.01. The molecule has 2 aromatic heterocycles. The molecule has 1 aliphatic heterocycles. The van der Waals surface area contributed by atoms with Crippen molar-refractivity contribution in [1.82, 2.24) is 14.8 Å². The monoisotopic (exact) mass is 370 g/mol. The molecule has 1 saturated heterocycles. The Hall–Kier alpha value is -0.880. The minimum Gasteiger partial charge on any atom is -0.355 e. The van der Waals surface area contributed by atoms with Crippen molar-refractivity contribution in [1.29, 1.82) is 0 Å². The summed E-state index contributed by atoms with van der Waals surface area (Å²) in [5.74, 6) is 1.68. The number of pyridine rings is 1.